The van der Waals surface area contributed by atoms with Crippen LogP contribution in [0.2, 0.25) is 0 Å². The highest BCUT2D eigenvalue weighted by molar-refractivity contribution is 5.45. The van der Waals surface area contributed by atoms with E-state index >= 15 is 0 Å². The van der Waals surface area contributed by atoms with Crippen LogP contribution in [0, 0.1) is 13.8 Å². The third-order valence-corrected chi connectivity index (χ3v) is 4.36. The van der Waals surface area contributed by atoms with Crippen molar-refractivity contribution in [1.29, 1.82) is 0 Å². The van der Waals surface area contributed by atoms with Gasteiger partial charge in [-0.3, -0.25) is 4.90 Å². The first-order chi connectivity index (χ1) is 9.43. The molecule has 112 valence electrons. The number of piperazine rings is 1. The summed E-state index contributed by atoms with van der Waals surface area (Å²) in [6.45, 7) is 7.36. The Morgan fingerprint density at radius 2 is 1.95 bits per heavy atom. The van der Waals surface area contributed by atoms with Gasteiger partial charge in [0.1, 0.15) is 5.75 Å². The molecule has 1 aromatic rings. The van der Waals surface area contributed by atoms with Crippen LogP contribution in [0.5, 0.6) is 5.75 Å². The van der Waals surface area contributed by atoms with Crippen molar-refractivity contribution in [2.75, 3.05) is 40.8 Å². The van der Waals surface area contributed by atoms with Crippen LogP contribution in [-0.4, -0.2) is 56.7 Å². The van der Waals surface area contributed by atoms with Crippen LogP contribution in [0.25, 0.3) is 0 Å². The SMILES string of the molecule is COc1cc(C)cc(C)c1C(N)C1CN(C)CCN1C. The second-order valence-electron chi connectivity index (χ2n) is 6.03. The van der Waals surface area contributed by atoms with Crippen LogP contribution >= 0.6 is 0 Å². The van der Waals surface area contributed by atoms with Gasteiger partial charge < -0.3 is 15.4 Å². The van der Waals surface area contributed by atoms with Crippen molar-refractivity contribution in [3.8, 4) is 5.75 Å². The summed E-state index contributed by atoms with van der Waals surface area (Å²) in [6.07, 6.45) is 0. The van der Waals surface area contributed by atoms with Gasteiger partial charge in [-0.1, -0.05) is 6.07 Å². The molecule has 0 bridgehead atoms. The smallest absolute Gasteiger partial charge is 0.124 e. The monoisotopic (exact) mass is 277 g/mol. The molecule has 1 aliphatic rings. The number of nitrogens with two attached hydrogens (primary N) is 1. The minimum Gasteiger partial charge on any atom is -0.496 e. The molecule has 2 atom stereocenters. The van der Waals surface area contributed by atoms with Gasteiger partial charge in [0, 0.05) is 31.2 Å². The number of nitrogens with zero attached hydrogens (tertiary/aromatic N) is 2. The van der Waals surface area contributed by atoms with E-state index < -0.39 is 0 Å². The maximum absolute atomic E-state index is 6.60. The van der Waals surface area contributed by atoms with Gasteiger partial charge in [0.05, 0.1) is 13.2 Å². The van der Waals surface area contributed by atoms with Crippen molar-refractivity contribution in [1.82, 2.24) is 9.80 Å². The highest BCUT2D eigenvalue weighted by Crippen LogP contribution is 2.32. The Morgan fingerprint density at radius 3 is 2.60 bits per heavy atom. The molecule has 2 unspecified atom stereocenters. The molecule has 4 heteroatoms. The van der Waals surface area contributed by atoms with Crippen LogP contribution in [-0.2, 0) is 0 Å². The van der Waals surface area contributed by atoms with Crippen molar-refractivity contribution in [3.63, 3.8) is 0 Å². The molecule has 4 nitrogen and oxygen atoms in total. The quantitative estimate of drug-likeness (QED) is 0.910. The standard InChI is InChI=1S/C16H27N3O/c1-11-8-12(2)15(14(9-11)20-5)16(17)13-10-18(3)6-7-19(13)4/h8-9,13,16H,6-7,10,17H2,1-5H3. The average molecular weight is 277 g/mol. The van der Waals surface area contributed by atoms with Gasteiger partial charge in [0.15, 0.2) is 0 Å². The molecular weight excluding hydrogens is 250 g/mol. The van der Waals surface area contributed by atoms with E-state index in [1.807, 2.05) is 0 Å². The second kappa shape index (κ2) is 6.12. The predicted molar refractivity (Wildman–Crippen MR) is 83.3 cm³/mol. The number of aryl methyl sites for hydroxylation is 2. The molecule has 0 aliphatic carbocycles. The summed E-state index contributed by atoms with van der Waals surface area (Å²) in [7, 11) is 6.04. The Kier molecular flexibility index (Phi) is 4.68. The van der Waals surface area contributed by atoms with E-state index in [-0.39, 0.29) is 6.04 Å². The molecule has 0 spiro atoms. The van der Waals surface area contributed by atoms with Gasteiger partial charge in [-0.25, -0.2) is 0 Å². The van der Waals surface area contributed by atoms with Crippen molar-refractivity contribution < 1.29 is 4.74 Å². The number of hydrogen-bond donors (Lipinski definition) is 1. The van der Waals surface area contributed by atoms with E-state index in [1.54, 1.807) is 7.11 Å². The summed E-state index contributed by atoms with van der Waals surface area (Å²) in [5.74, 6) is 0.914. The van der Waals surface area contributed by atoms with E-state index in [1.165, 1.54) is 11.1 Å². The molecule has 0 aromatic heterocycles. The van der Waals surface area contributed by atoms with E-state index in [9.17, 15) is 0 Å². The first-order valence-corrected chi connectivity index (χ1v) is 7.23. The van der Waals surface area contributed by atoms with Crippen molar-refractivity contribution in [3.05, 3.63) is 28.8 Å². The summed E-state index contributed by atoms with van der Waals surface area (Å²) >= 11 is 0. The largest absolute Gasteiger partial charge is 0.496 e. The zero-order valence-electron chi connectivity index (χ0n) is 13.3. The Bertz CT molecular complexity index is 475. The molecule has 1 fully saturated rings. The maximum Gasteiger partial charge on any atom is 0.124 e. The Morgan fingerprint density at radius 1 is 1.25 bits per heavy atom. The molecule has 0 saturated carbocycles. The minimum absolute atomic E-state index is 0.0294. The maximum atomic E-state index is 6.60. The number of methoxy groups -OCH3 is 1. The summed E-state index contributed by atoms with van der Waals surface area (Å²) in [4.78, 5) is 4.71. The fourth-order valence-corrected chi connectivity index (χ4v) is 3.16. The van der Waals surface area contributed by atoms with Crippen LogP contribution in [0.3, 0.4) is 0 Å². The lowest BCUT2D eigenvalue weighted by molar-refractivity contribution is 0.0966. The lowest BCUT2D eigenvalue weighted by Gasteiger charge is -2.41. The van der Waals surface area contributed by atoms with E-state index in [0.29, 0.717) is 6.04 Å². The molecule has 0 amide bonds. The number of ether oxygens (including phenoxy) is 1. The average Bonchev–Trinajstić information content (AvgIpc) is 2.40. The van der Waals surface area contributed by atoms with Gasteiger partial charge in [0.25, 0.3) is 0 Å². The van der Waals surface area contributed by atoms with Gasteiger partial charge in [-0.05, 0) is 45.1 Å². The summed E-state index contributed by atoms with van der Waals surface area (Å²) in [6, 6.07) is 4.56. The first-order valence-electron chi connectivity index (χ1n) is 7.23. The van der Waals surface area contributed by atoms with Crippen LogP contribution in [0.1, 0.15) is 22.7 Å². The third-order valence-electron chi connectivity index (χ3n) is 4.36. The normalized spacial score (nSPS) is 22.8. The highest BCUT2D eigenvalue weighted by atomic mass is 16.5. The van der Waals surface area contributed by atoms with E-state index in [0.717, 1.165) is 30.9 Å². The zero-order valence-corrected chi connectivity index (χ0v) is 13.3. The fraction of sp³-hybridized carbons (Fsp3) is 0.625. The zero-order chi connectivity index (χ0) is 14.9. The van der Waals surface area contributed by atoms with Gasteiger partial charge in [0.2, 0.25) is 0 Å². The number of rotatable bonds is 3. The molecule has 1 saturated heterocycles. The van der Waals surface area contributed by atoms with Crippen LogP contribution in [0.4, 0.5) is 0 Å². The Hall–Kier alpha value is -1.10. The lowest BCUT2D eigenvalue weighted by atomic mass is 9.92. The molecule has 0 radical (unpaired) electrons. The molecule has 2 N–H and O–H groups in total. The van der Waals surface area contributed by atoms with Crippen molar-refractivity contribution >= 4 is 0 Å². The molecule has 1 heterocycles. The Labute approximate surface area is 122 Å². The van der Waals surface area contributed by atoms with Crippen LogP contribution < -0.4 is 10.5 Å². The number of likely N-dealkylation sites (N-methyl/N-ethyl adjacent to an activating group) is 2. The van der Waals surface area contributed by atoms with Gasteiger partial charge in [-0.2, -0.15) is 0 Å². The van der Waals surface area contributed by atoms with Gasteiger partial charge >= 0.3 is 0 Å². The van der Waals surface area contributed by atoms with Crippen LogP contribution in [0.15, 0.2) is 12.1 Å². The third kappa shape index (κ3) is 2.97. The molecule has 20 heavy (non-hydrogen) atoms. The van der Waals surface area contributed by atoms with E-state index in [2.05, 4.69) is 49.9 Å². The first kappa shape index (κ1) is 15.3. The Balaban J connectivity index is 2.34. The summed E-state index contributed by atoms with van der Waals surface area (Å²) < 4.78 is 5.57. The van der Waals surface area contributed by atoms with E-state index in [4.69, 9.17) is 10.5 Å². The van der Waals surface area contributed by atoms with Crippen molar-refractivity contribution in [2.45, 2.75) is 25.9 Å². The number of hydrogen-bond acceptors (Lipinski definition) is 4. The summed E-state index contributed by atoms with van der Waals surface area (Å²) in [5, 5.41) is 0. The molecule has 1 aliphatic heterocycles. The summed E-state index contributed by atoms with van der Waals surface area (Å²) in [5.41, 5.74) is 10.2. The fourth-order valence-electron chi connectivity index (χ4n) is 3.16. The van der Waals surface area contributed by atoms with Gasteiger partial charge in [-0.15, -0.1) is 0 Å². The molecule has 1 aromatic carbocycles. The lowest BCUT2D eigenvalue weighted by Crippen LogP contribution is -2.54. The highest BCUT2D eigenvalue weighted by Gasteiger charge is 2.31. The molecule has 2 rings (SSSR count). The topological polar surface area (TPSA) is 41.7 Å². The van der Waals surface area contributed by atoms with Crippen molar-refractivity contribution in [2.24, 2.45) is 5.73 Å². The molecular formula is C16H27N3O. The minimum atomic E-state index is -0.0294. The predicted octanol–water partition coefficient (Wildman–Crippen LogP) is 1.56. The second-order valence-corrected chi connectivity index (χ2v) is 6.03. The number of benzene rings is 1.